The molecule has 4 heteroatoms. The third-order valence-corrected chi connectivity index (χ3v) is 4.04. The summed E-state index contributed by atoms with van der Waals surface area (Å²) in [5.74, 6) is 0.251. The number of nitrogens with one attached hydrogen (secondary N) is 2. The van der Waals surface area contributed by atoms with Gasteiger partial charge in [0.25, 0.3) is 0 Å². The Bertz CT molecular complexity index is 737. The van der Waals surface area contributed by atoms with Crippen molar-refractivity contribution >= 4 is 11.7 Å². The van der Waals surface area contributed by atoms with Crippen LogP contribution in [0.5, 0.6) is 0 Å². The van der Waals surface area contributed by atoms with Gasteiger partial charge in [-0.2, -0.15) is 0 Å². The molecule has 3 aromatic rings. The number of amides is 2. The van der Waals surface area contributed by atoms with Gasteiger partial charge in [0, 0.05) is 18.7 Å². The van der Waals surface area contributed by atoms with Crippen LogP contribution in [0.3, 0.4) is 0 Å². The summed E-state index contributed by atoms with van der Waals surface area (Å²) in [7, 11) is 0. The molecule has 1 heterocycles. The Morgan fingerprint density at radius 2 is 1.52 bits per heavy atom. The largest absolute Gasteiger partial charge is 0.338 e. The van der Waals surface area contributed by atoms with Gasteiger partial charge in [-0.05, 0) is 29.7 Å². The smallest absolute Gasteiger partial charge is 0.319 e. The molecular formula is C21H21N3O. The van der Waals surface area contributed by atoms with Crippen molar-refractivity contribution in [2.75, 3.05) is 11.9 Å². The summed E-state index contributed by atoms with van der Waals surface area (Å²) in [5.41, 5.74) is 3.19. The van der Waals surface area contributed by atoms with E-state index in [9.17, 15) is 4.79 Å². The van der Waals surface area contributed by atoms with E-state index in [-0.39, 0.29) is 11.9 Å². The van der Waals surface area contributed by atoms with Gasteiger partial charge in [-0.25, -0.2) is 4.79 Å². The topological polar surface area (TPSA) is 54.0 Å². The molecule has 0 atom stereocenters. The Morgan fingerprint density at radius 3 is 2.08 bits per heavy atom. The Kier molecular flexibility index (Phi) is 5.77. The molecule has 0 saturated heterocycles. The second-order valence-corrected chi connectivity index (χ2v) is 5.79. The number of pyridine rings is 1. The van der Waals surface area contributed by atoms with Crippen molar-refractivity contribution in [1.82, 2.24) is 10.3 Å². The summed E-state index contributed by atoms with van der Waals surface area (Å²) in [6, 6.07) is 24.1. The number of anilines is 1. The van der Waals surface area contributed by atoms with E-state index in [2.05, 4.69) is 39.9 Å². The molecule has 25 heavy (non-hydrogen) atoms. The molecule has 0 aliphatic carbocycles. The highest BCUT2D eigenvalue weighted by molar-refractivity contribution is 5.88. The molecule has 0 saturated carbocycles. The van der Waals surface area contributed by atoms with E-state index in [1.165, 1.54) is 11.1 Å². The Morgan fingerprint density at radius 1 is 0.880 bits per heavy atom. The third-order valence-electron chi connectivity index (χ3n) is 4.04. The van der Waals surface area contributed by atoms with Crippen LogP contribution in [-0.4, -0.2) is 17.6 Å². The lowest BCUT2D eigenvalue weighted by Crippen LogP contribution is -2.30. The summed E-state index contributed by atoms with van der Waals surface area (Å²) in [4.78, 5) is 16.0. The number of hydrogen-bond donors (Lipinski definition) is 2. The summed E-state index contributed by atoms with van der Waals surface area (Å²) in [6.45, 7) is 0.584. The minimum absolute atomic E-state index is 0.215. The molecule has 2 aromatic carbocycles. The number of hydrogen-bond acceptors (Lipinski definition) is 2. The first-order valence-electron chi connectivity index (χ1n) is 8.38. The molecule has 0 unspecified atom stereocenters. The van der Waals surface area contributed by atoms with E-state index in [0.717, 1.165) is 6.42 Å². The molecule has 1 aromatic heterocycles. The lowest BCUT2D eigenvalue weighted by atomic mass is 9.88. The number of rotatable bonds is 6. The van der Waals surface area contributed by atoms with Gasteiger partial charge >= 0.3 is 6.03 Å². The maximum absolute atomic E-state index is 12.0. The van der Waals surface area contributed by atoms with Crippen molar-refractivity contribution in [2.24, 2.45) is 0 Å². The highest BCUT2D eigenvalue weighted by Gasteiger charge is 2.14. The molecule has 0 aliphatic heterocycles. The Labute approximate surface area is 147 Å². The molecular weight excluding hydrogens is 310 g/mol. The van der Waals surface area contributed by atoms with Gasteiger partial charge in [0.15, 0.2) is 0 Å². The molecule has 3 rings (SSSR count). The van der Waals surface area contributed by atoms with E-state index in [1.807, 2.05) is 42.5 Å². The summed E-state index contributed by atoms with van der Waals surface area (Å²) in [5, 5.41) is 5.71. The molecule has 126 valence electrons. The molecule has 2 N–H and O–H groups in total. The number of benzene rings is 2. The molecule has 0 bridgehead atoms. The minimum atomic E-state index is -0.215. The van der Waals surface area contributed by atoms with Crippen molar-refractivity contribution in [3.63, 3.8) is 0 Å². The number of carbonyl (C=O) groups excluding carboxylic acids is 1. The zero-order valence-electron chi connectivity index (χ0n) is 13.9. The zero-order chi connectivity index (χ0) is 17.3. The average Bonchev–Trinajstić information content (AvgIpc) is 2.67. The predicted molar refractivity (Wildman–Crippen MR) is 101 cm³/mol. The number of nitrogens with zero attached hydrogens (tertiary/aromatic N) is 1. The van der Waals surface area contributed by atoms with E-state index in [0.29, 0.717) is 12.2 Å². The van der Waals surface area contributed by atoms with Gasteiger partial charge in [0.05, 0.1) is 11.9 Å². The van der Waals surface area contributed by atoms with Crippen molar-refractivity contribution in [2.45, 2.75) is 12.3 Å². The number of aromatic nitrogens is 1. The van der Waals surface area contributed by atoms with E-state index in [4.69, 9.17) is 0 Å². The van der Waals surface area contributed by atoms with Crippen LogP contribution in [0.15, 0.2) is 85.2 Å². The summed E-state index contributed by atoms with van der Waals surface area (Å²) >= 11 is 0. The van der Waals surface area contributed by atoms with Gasteiger partial charge in [0.1, 0.15) is 0 Å². The first-order chi connectivity index (χ1) is 12.3. The summed E-state index contributed by atoms with van der Waals surface area (Å²) in [6.07, 6.45) is 4.12. The van der Waals surface area contributed by atoms with Crippen LogP contribution in [0.2, 0.25) is 0 Å². The van der Waals surface area contributed by atoms with Gasteiger partial charge in [0.2, 0.25) is 0 Å². The van der Waals surface area contributed by atoms with Crippen molar-refractivity contribution in [3.8, 4) is 0 Å². The van der Waals surface area contributed by atoms with Crippen LogP contribution >= 0.6 is 0 Å². The van der Waals surface area contributed by atoms with Gasteiger partial charge in [-0.1, -0.05) is 60.7 Å². The van der Waals surface area contributed by atoms with Crippen molar-refractivity contribution in [1.29, 1.82) is 0 Å². The lowest BCUT2D eigenvalue weighted by molar-refractivity contribution is 0.252. The van der Waals surface area contributed by atoms with Crippen LogP contribution < -0.4 is 10.6 Å². The van der Waals surface area contributed by atoms with Gasteiger partial charge in [-0.3, -0.25) is 4.98 Å². The lowest BCUT2D eigenvalue weighted by Gasteiger charge is -2.18. The molecule has 0 radical (unpaired) electrons. The SMILES string of the molecule is O=C(NCCC(c1ccccc1)c1ccccc1)Nc1cccnc1. The second-order valence-electron chi connectivity index (χ2n) is 5.79. The molecule has 2 amide bonds. The fourth-order valence-electron chi connectivity index (χ4n) is 2.84. The first kappa shape index (κ1) is 16.7. The first-order valence-corrected chi connectivity index (χ1v) is 8.38. The zero-order valence-corrected chi connectivity index (χ0v) is 13.9. The summed E-state index contributed by atoms with van der Waals surface area (Å²) < 4.78 is 0. The number of urea groups is 1. The van der Waals surface area contributed by atoms with E-state index < -0.39 is 0 Å². The highest BCUT2D eigenvalue weighted by Crippen LogP contribution is 2.27. The fraction of sp³-hybridized carbons (Fsp3) is 0.143. The maximum Gasteiger partial charge on any atom is 0.319 e. The average molecular weight is 331 g/mol. The molecule has 0 spiro atoms. The van der Waals surface area contributed by atoms with Gasteiger partial charge < -0.3 is 10.6 Å². The molecule has 0 fully saturated rings. The molecule has 4 nitrogen and oxygen atoms in total. The van der Waals surface area contributed by atoms with Crippen LogP contribution in [-0.2, 0) is 0 Å². The third kappa shape index (κ3) is 4.91. The maximum atomic E-state index is 12.0. The Balaban J connectivity index is 1.61. The van der Waals surface area contributed by atoms with E-state index in [1.54, 1.807) is 18.5 Å². The van der Waals surface area contributed by atoms with Crippen LogP contribution in [0.1, 0.15) is 23.5 Å². The van der Waals surface area contributed by atoms with Crippen LogP contribution in [0.25, 0.3) is 0 Å². The Hall–Kier alpha value is -3.14. The normalized spacial score (nSPS) is 10.4. The fourth-order valence-corrected chi connectivity index (χ4v) is 2.84. The number of carbonyl (C=O) groups is 1. The van der Waals surface area contributed by atoms with Crippen molar-refractivity contribution < 1.29 is 4.79 Å². The van der Waals surface area contributed by atoms with Crippen molar-refractivity contribution in [3.05, 3.63) is 96.3 Å². The highest BCUT2D eigenvalue weighted by atomic mass is 16.2. The predicted octanol–water partition coefficient (Wildman–Crippen LogP) is 4.43. The standard InChI is InChI=1S/C21H21N3O/c25-21(24-19-12-7-14-22-16-19)23-15-13-20(17-8-3-1-4-9-17)18-10-5-2-6-11-18/h1-12,14,16,20H,13,15H2,(H2,23,24,25). The second kappa shape index (κ2) is 8.64. The minimum Gasteiger partial charge on any atom is -0.338 e. The quantitative estimate of drug-likeness (QED) is 0.702. The molecule has 0 aliphatic rings. The van der Waals surface area contributed by atoms with Crippen LogP contribution in [0.4, 0.5) is 10.5 Å². The van der Waals surface area contributed by atoms with E-state index >= 15 is 0 Å². The van der Waals surface area contributed by atoms with Crippen LogP contribution in [0, 0.1) is 0 Å². The monoisotopic (exact) mass is 331 g/mol. The van der Waals surface area contributed by atoms with Gasteiger partial charge in [-0.15, -0.1) is 0 Å².